The normalized spacial score (nSPS) is 11.0. The molecule has 59 heavy (non-hydrogen) atoms. The van der Waals surface area contributed by atoms with Gasteiger partial charge in [-0.3, -0.25) is 0 Å². The monoisotopic (exact) mass is 805 g/mol. The predicted octanol–water partition coefficient (Wildman–Crippen LogP) is 15.0. The van der Waals surface area contributed by atoms with E-state index in [1.165, 1.54) is 89.9 Å². The molecule has 0 saturated heterocycles. The van der Waals surface area contributed by atoms with E-state index in [2.05, 4.69) is 38.1 Å². The van der Waals surface area contributed by atoms with Gasteiger partial charge in [-0.05, 0) is 96.5 Å². The molecule has 0 heterocycles. The van der Waals surface area contributed by atoms with Crippen LogP contribution in [0.2, 0.25) is 0 Å². The fourth-order valence-electron chi connectivity index (χ4n) is 7.17. The Morgan fingerprint density at radius 3 is 0.881 bits per heavy atom. The molecule has 0 radical (unpaired) electrons. The highest BCUT2D eigenvalue weighted by atomic mass is 16.5. The van der Waals surface area contributed by atoms with Crippen LogP contribution in [-0.2, 0) is 9.47 Å². The molecule has 0 saturated carbocycles. The van der Waals surface area contributed by atoms with Crippen molar-refractivity contribution in [2.45, 2.75) is 149 Å². The van der Waals surface area contributed by atoms with Gasteiger partial charge in [-0.15, -0.1) is 0 Å². The van der Waals surface area contributed by atoms with Crippen LogP contribution in [0.15, 0.2) is 97.1 Å². The minimum Gasteiger partial charge on any atom is -0.494 e. The van der Waals surface area contributed by atoms with Gasteiger partial charge in [0.2, 0.25) is 0 Å². The predicted molar refractivity (Wildman–Crippen MR) is 244 cm³/mol. The Morgan fingerprint density at radius 2 is 0.576 bits per heavy atom. The maximum Gasteiger partial charge on any atom is 0.338 e. The lowest BCUT2D eigenvalue weighted by molar-refractivity contribution is 0.0496. The Balaban J connectivity index is 1.00. The van der Waals surface area contributed by atoms with Crippen molar-refractivity contribution in [2.24, 2.45) is 0 Å². The van der Waals surface area contributed by atoms with Crippen molar-refractivity contribution in [3.63, 3.8) is 0 Å². The maximum atomic E-state index is 12.6. The molecule has 0 aliphatic rings. The van der Waals surface area contributed by atoms with E-state index in [0.717, 1.165) is 91.9 Å². The second-order valence-electron chi connectivity index (χ2n) is 15.9. The van der Waals surface area contributed by atoms with Crippen molar-refractivity contribution in [2.75, 3.05) is 26.4 Å². The number of ether oxygens (including phenoxy) is 4. The van der Waals surface area contributed by atoms with Crippen molar-refractivity contribution in [1.29, 1.82) is 0 Å². The van der Waals surface area contributed by atoms with Crippen LogP contribution < -0.4 is 9.47 Å². The lowest BCUT2D eigenvalue weighted by Gasteiger charge is -2.09. The van der Waals surface area contributed by atoms with Crippen molar-refractivity contribution in [1.82, 2.24) is 0 Å². The number of unbranched alkanes of at least 4 members (excludes halogenated alkanes) is 18. The van der Waals surface area contributed by atoms with Crippen molar-refractivity contribution in [3.8, 4) is 33.8 Å². The number of hydrogen-bond donors (Lipinski definition) is 0. The van der Waals surface area contributed by atoms with Gasteiger partial charge in [0.1, 0.15) is 11.5 Å². The summed E-state index contributed by atoms with van der Waals surface area (Å²) >= 11 is 0. The first-order valence-electron chi connectivity index (χ1n) is 23.1. The minimum absolute atomic E-state index is 0.298. The molecule has 0 N–H and O–H groups in total. The number of carbonyl (C=O) groups is 2. The maximum absolute atomic E-state index is 12.6. The van der Waals surface area contributed by atoms with Gasteiger partial charge in [0.05, 0.1) is 37.6 Å². The van der Waals surface area contributed by atoms with Gasteiger partial charge in [0.15, 0.2) is 0 Å². The Morgan fingerprint density at radius 1 is 0.322 bits per heavy atom. The topological polar surface area (TPSA) is 71.1 Å². The van der Waals surface area contributed by atoms with Gasteiger partial charge in [-0.2, -0.15) is 0 Å². The van der Waals surface area contributed by atoms with Crippen molar-refractivity contribution in [3.05, 3.63) is 108 Å². The van der Waals surface area contributed by atoms with E-state index in [9.17, 15) is 9.59 Å². The van der Waals surface area contributed by atoms with Crippen molar-refractivity contribution < 1.29 is 28.5 Å². The molecule has 0 spiro atoms. The van der Waals surface area contributed by atoms with Gasteiger partial charge < -0.3 is 18.9 Å². The van der Waals surface area contributed by atoms with Crippen LogP contribution in [0.1, 0.15) is 169 Å². The molecule has 4 rings (SSSR count). The number of rotatable bonds is 32. The van der Waals surface area contributed by atoms with Gasteiger partial charge in [0.25, 0.3) is 0 Å². The third-order valence-corrected chi connectivity index (χ3v) is 10.9. The van der Waals surface area contributed by atoms with Crippen LogP contribution in [-0.4, -0.2) is 38.4 Å². The second kappa shape index (κ2) is 29.6. The van der Waals surface area contributed by atoms with Gasteiger partial charge in [-0.1, -0.05) is 172 Å². The molecular formula is C53H72O6. The average molecular weight is 805 g/mol. The lowest BCUT2D eigenvalue weighted by Crippen LogP contribution is -2.07. The molecule has 0 aromatic heterocycles. The van der Waals surface area contributed by atoms with Crippen LogP contribution in [0.5, 0.6) is 11.5 Å². The van der Waals surface area contributed by atoms with Crippen LogP contribution >= 0.6 is 0 Å². The third kappa shape index (κ3) is 19.4. The zero-order valence-corrected chi connectivity index (χ0v) is 36.4. The van der Waals surface area contributed by atoms with Crippen LogP contribution in [0.25, 0.3) is 22.3 Å². The van der Waals surface area contributed by atoms with Crippen molar-refractivity contribution >= 4 is 11.9 Å². The summed E-state index contributed by atoms with van der Waals surface area (Å²) in [6.07, 6.45) is 25.1. The lowest BCUT2D eigenvalue weighted by atomic mass is 10.0. The summed E-state index contributed by atoms with van der Waals surface area (Å²) in [5.74, 6) is 1.19. The zero-order chi connectivity index (χ0) is 41.6. The van der Waals surface area contributed by atoms with E-state index >= 15 is 0 Å². The summed E-state index contributed by atoms with van der Waals surface area (Å²) in [4.78, 5) is 25.2. The fourth-order valence-corrected chi connectivity index (χ4v) is 7.17. The molecule has 0 bridgehead atoms. The van der Waals surface area contributed by atoms with E-state index in [-0.39, 0.29) is 11.9 Å². The summed E-state index contributed by atoms with van der Waals surface area (Å²) in [5.41, 5.74) is 5.37. The smallest absolute Gasteiger partial charge is 0.338 e. The summed E-state index contributed by atoms with van der Waals surface area (Å²) in [6.45, 7) is 6.81. The zero-order valence-electron chi connectivity index (χ0n) is 36.4. The first-order valence-corrected chi connectivity index (χ1v) is 23.1. The molecule has 6 nitrogen and oxygen atoms in total. The van der Waals surface area contributed by atoms with E-state index in [0.29, 0.717) is 24.3 Å². The summed E-state index contributed by atoms with van der Waals surface area (Å²) in [5, 5.41) is 0. The van der Waals surface area contributed by atoms with Crippen LogP contribution in [0, 0.1) is 0 Å². The highest BCUT2D eigenvalue weighted by molar-refractivity contribution is 5.90. The second-order valence-corrected chi connectivity index (χ2v) is 15.9. The number of esters is 2. The van der Waals surface area contributed by atoms with E-state index in [1.54, 1.807) is 0 Å². The summed E-state index contributed by atoms with van der Waals surface area (Å²) in [6, 6.07) is 31.5. The van der Waals surface area contributed by atoms with Gasteiger partial charge in [0, 0.05) is 0 Å². The fraction of sp³-hybridized carbons (Fsp3) is 0.509. The molecule has 0 atom stereocenters. The van der Waals surface area contributed by atoms with Gasteiger partial charge >= 0.3 is 11.9 Å². The third-order valence-electron chi connectivity index (χ3n) is 10.9. The van der Waals surface area contributed by atoms with E-state index in [4.69, 9.17) is 18.9 Å². The summed E-state index contributed by atoms with van der Waals surface area (Å²) < 4.78 is 23.0. The van der Waals surface area contributed by atoms with E-state index < -0.39 is 0 Å². The molecule has 4 aromatic carbocycles. The summed E-state index contributed by atoms with van der Waals surface area (Å²) in [7, 11) is 0. The largest absolute Gasteiger partial charge is 0.494 e. The SMILES string of the molecule is CCCCCCCCCCOc1ccc(-c2ccc(C(=O)OCCCCCCCOC(=O)c3ccc(-c4ccc(OCCCCCCCCCC)cc4)cc3)cc2)cc1. The number of carbonyl (C=O) groups excluding carboxylic acids is 2. The molecule has 320 valence electrons. The highest BCUT2D eigenvalue weighted by Gasteiger charge is 2.10. The first-order chi connectivity index (χ1) is 29.1. The van der Waals surface area contributed by atoms with Crippen LogP contribution in [0.4, 0.5) is 0 Å². The quantitative estimate of drug-likeness (QED) is 0.0362. The Bertz CT molecular complexity index is 1550. The molecule has 6 heteroatoms. The molecule has 0 aliphatic carbocycles. The number of benzene rings is 4. The standard InChI is InChI=1S/C53H72O6/c1-3-5-7-9-11-13-16-20-40-56-50-36-32-46(33-37-50)44-24-28-48(29-25-44)52(54)58-42-22-18-15-19-23-43-59-53(55)49-30-26-45(27-31-49)47-34-38-51(39-35-47)57-41-21-17-14-12-10-8-6-4-2/h24-39H,3-23,40-43H2,1-2H3. The van der Waals surface area contributed by atoms with Gasteiger partial charge in [-0.25, -0.2) is 9.59 Å². The Hall–Kier alpha value is -4.58. The Labute approximate surface area is 356 Å². The van der Waals surface area contributed by atoms with E-state index in [1.807, 2.05) is 72.8 Å². The highest BCUT2D eigenvalue weighted by Crippen LogP contribution is 2.25. The molecule has 0 fully saturated rings. The molecule has 0 aliphatic heterocycles. The molecule has 0 unspecified atom stereocenters. The minimum atomic E-state index is -0.298. The molecular weight excluding hydrogens is 733 g/mol. The molecule has 4 aromatic rings. The van der Waals surface area contributed by atoms with Crippen LogP contribution in [0.3, 0.4) is 0 Å². The average Bonchev–Trinajstić information content (AvgIpc) is 3.27. The number of hydrogen-bond acceptors (Lipinski definition) is 6. The first kappa shape index (κ1) is 47.1. The molecule has 0 amide bonds. The Kier molecular flexibility index (Phi) is 23.6.